The zero-order valence-corrected chi connectivity index (χ0v) is 10.7. The van der Waals surface area contributed by atoms with E-state index in [1.54, 1.807) is 0 Å². The van der Waals surface area contributed by atoms with Crippen LogP contribution < -0.4 is 51.4 Å². The summed E-state index contributed by atoms with van der Waals surface area (Å²) in [6, 6.07) is 4.80. The summed E-state index contributed by atoms with van der Waals surface area (Å²) in [5.41, 5.74) is 0.334. The minimum atomic E-state index is -4.91. The second-order valence-electron chi connectivity index (χ2n) is 2.54. The first-order valence-electron chi connectivity index (χ1n) is 3.62. The number of hydrogen-bond acceptors (Lipinski definition) is 0. The van der Waals surface area contributed by atoms with E-state index >= 15 is 0 Å². The fourth-order valence-electron chi connectivity index (χ4n) is 0.794. The van der Waals surface area contributed by atoms with Gasteiger partial charge in [-0.2, -0.15) is 0 Å². The Kier molecular flexibility index (Phi) is 6.24. The van der Waals surface area contributed by atoms with E-state index in [2.05, 4.69) is 0 Å². The van der Waals surface area contributed by atoms with E-state index in [1.807, 2.05) is 0 Å². The molecule has 0 saturated carbocycles. The zero-order valence-electron chi connectivity index (χ0n) is 7.55. The molecule has 1 aromatic rings. The van der Waals surface area contributed by atoms with Crippen molar-refractivity contribution in [3.05, 3.63) is 41.6 Å². The van der Waals surface area contributed by atoms with Gasteiger partial charge < -0.3 is 12.9 Å². The van der Waals surface area contributed by atoms with Crippen LogP contribution in [0.2, 0.25) is 0 Å². The van der Waals surface area contributed by atoms with E-state index in [0.29, 0.717) is 5.56 Å². The minimum Gasteiger partial charge on any atom is -0.445 e. The molecule has 0 aliphatic heterocycles. The summed E-state index contributed by atoms with van der Waals surface area (Å²) in [6.07, 6.45) is 0.916. The van der Waals surface area contributed by atoms with Gasteiger partial charge in [0.05, 0.1) is 0 Å². The molecule has 0 nitrogen and oxygen atoms in total. The van der Waals surface area contributed by atoms with Crippen molar-refractivity contribution in [1.82, 2.24) is 0 Å². The first-order chi connectivity index (χ1) is 5.97. The largest absolute Gasteiger partial charge is 1.00 e. The van der Waals surface area contributed by atoms with E-state index in [4.69, 9.17) is 0 Å². The summed E-state index contributed by atoms with van der Waals surface area (Å²) in [5.74, 6) is -0.289. The maximum Gasteiger partial charge on any atom is 1.00 e. The molecule has 0 fully saturated rings. The fraction of sp³-hybridized carbons (Fsp3) is 0. The predicted molar refractivity (Wildman–Crippen MR) is 44.5 cm³/mol. The second-order valence-corrected chi connectivity index (χ2v) is 2.54. The van der Waals surface area contributed by atoms with Gasteiger partial charge in [-0.05, 0) is 17.7 Å². The van der Waals surface area contributed by atoms with Crippen molar-refractivity contribution in [3.8, 4) is 0 Å². The minimum absolute atomic E-state index is 0. The number of halogens is 4. The van der Waals surface area contributed by atoms with Gasteiger partial charge in [0.2, 0.25) is 0 Å². The van der Waals surface area contributed by atoms with E-state index in [9.17, 15) is 17.3 Å². The van der Waals surface area contributed by atoms with Gasteiger partial charge in [0.15, 0.2) is 0 Å². The standard InChI is InChI=1S/C8H6BF4.K/c10-8-3-1-7(2-4-8)5-6-9(11,12)13;/h1-6H;/q-1;+1/b6-5+;. The molecule has 0 atom stereocenters. The van der Waals surface area contributed by atoms with E-state index in [0.717, 1.165) is 18.2 Å². The van der Waals surface area contributed by atoms with Crippen molar-refractivity contribution in [3.63, 3.8) is 0 Å². The third-order valence-electron chi connectivity index (χ3n) is 1.38. The summed E-state index contributed by atoms with van der Waals surface area (Å²) in [4.78, 5) is 0. The maximum atomic E-state index is 12.3. The summed E-state index contributed by atoms with van der Waals surface area (Å²) in [7, 11) is 0. The SMILES string of the molecule is Fc1ccc(/C=C/[B-](F)(F)F)cc1.[K+]. The Morgan fingerprint density at radius 2 is 1.50 bits per heavy atom. The molecule has 0 radical (unpaired) electrons. The van der Waals surface area contributed by atoms with Gasteiger partial charge in [-0.15, -0.1) is 5.98 Å². The molecule has 0 aliphatic carbocycles. The van der Waals surface area contributed by atoms with Crippen LogP contribution in [0.25, 0.3) is 6.08 Å². The molecule has 6 heteroatoms. The molecule has 0 bridgehead atoms. The van der Waals surface area contributed by atoms with Crippen LogP contribution in [0.1, 0.15) is 5.56 Å². The average molecular weight is 228 g/mol. The Hall–Kier alpha value is 0.381. The Morgan fingerprint density at radius 3 is 1.93 bits per heavy atom. The molecule has 1 rings (SSSR count). The van der Waals surface area contributed by atoms with E-state index < -0.39 is 12.8 Å². The van der Waals surface area contributed by atoms with Crippen LogP contribution in [0.5, 0.6) is 0 Å². The summed E-state index contributed by atoms with van der Waals surface area (Å²) < 4.78 is 47.5. The molecule has 0 N–H and O–H groups in total. The smallest absolute Gasteiger partial charge is 0.445 e. The van der Waals surface area contributed by atoms with Crippen molar-refractivity contribution in [2.24, 2.45) is 0 Å². The van der Waals surface area contributed by atoms with Crippen LogP contribution in [0.3, 0.4) is 0 Å². The summed E-state index contributed by atoms with van der Waals surface area (Å²) in [6.45, 7) is -4.91. The third kappa shape index (κ3) is 5.98. The maximum absolute atomic E-state index is 12.3. The van der Waals surface area contributed by atoms with Gasteiger partial charge in [0.25, 0.3) is 0 Å². The van der Waals surface area contributed by atoms with Crippen molar-refractivity contribution < 1.29 is 68.7 Å². The van der Waals surface area contributed by atoms with Gasteiger partial charge >= 0.3 is 58.4 Å². The molecule has 70 valence electrons. The molecular formula is C8H6BF4K. The average Bonchev–Trinajstić information content (AvgIpc) is 2.02. The molecular weight excluding hydrogens is 222 g/mol. The van der Waals surface area contributed by atoms with E-state index in [-0.39, 0.29) is 57.4 Å². The molecule has 0 heterocycles. The van der Waals surface area contributed by atoms with Crippen molar-refractivity contribution in [2.45, 2.75) is 0 Å². The van der Waals surface area contributed by atoms with Crippen LogP contribution in [0.15, 0.2) is 30.2 Å². The Balaban J connectivity index is 0.00000169. The quantitative estimate of drug-likeness (QED) is 0.502. The Bertz CT molecular complexity index is 304. The van der Waals surface area contributed by atoms with Crippen molar-refractivity contribution >= 4 is 13.1 Å². The first kappa shape index (κ1) is 14.4. The number of rotatable bonds is 2. The molecule has 0 unspecified atom stereocenters. The summed E-state index contributed by atoms with van der Waals surface area (Å²) in [5, 5.41) is 0. The molecule has 14 heavy (non-hydrogen) atoms. The van der Waals surface area contributed by atoms with Crippen molar-refractivity contribution in [2.75, 3.05) is 0 Å². The molecule has 0 amide bonds. The molecule has 0 aromatic heterocycles. The second kappa shape index (κ2) is 6.07. The number of hydrogen-bond donors (Lipinski definition) is 0. The zero-order chi connectivity index (χ0) is 9.90. The van der Waals surface area contributed by atoms with Crippen molar-refractivity contribution in [1.29, 1.82) is 0 Å². The van der Waals surface area contributed by atoms with E-state index in [1.165, 1.54) is 12.1 Å². The van der Waals surface area contributed by atoms with Gasteiger partial charge in [0, 0.05) is 0 Å². The monoisotopic (exact) mass is 228 g/mol. The van der Waals surface area contributed by atoms with Crippen LogP contribution >= 0.6 is 0 Å². The van der Waals surface area contributed by atoms with Gasteiger partial charge in [-0.1, -0.05) is 18.2 Å². The first-order valence-corrected chi connectivity index (χ1v) is 3.62. The van der Waals surface area contributed by atoms with Gasteiger partial charge in [-0.25, -0.2) is 4.39 Å². The topological polar surface area (TPSA) is 0 Å². The van der Waals surface area contributed by atoms with Crippen LogP contribution in [0.4, 0.5) is 17.3 Å². The summed E-state index contributed by atoms with van der Waals surface area (Å²) >= 11 is 0. The fourth-order valence-corrected chi connectivity index (χ4v) is 0.794. The third-order valence-corrected chi connectivity index (χ3v) is 1.38. The molecule has 1 aromatic carbocycles. The Morgan fingerprint density at radius 1 is 1.00 bits per heavy atom. The van der Waals surface area contributed by atoms with Gasteiger partial charge in [0.1, 0.15) is 5.82 Å². The number of benzene rings is 1. The molecule has 0 aliphatic rings. The molecule has 0 saturated heterocycles. The molecule has 0 spiro atoms. The normalized spacial score (nSPS) is 11.4. The van der Waals surface area contributed by atoms with Gasteiger partial charge in [-0.3, -0.25) is 0 Å². The predicted octanol–water partition coefficient (Wildman–Crippen LogP) is 0.230. The van der Waals surface area contributed by atoms with Crippen LogP contribution in [-0.2, 0) is 0 Å². The van der Waals surface area contributed by atoms with Crippen LogP contribution in [-0.4, -0.2) is 6.98 Å². The Labute approximate surface area is 122 Å². The van der Waals surface area contributed by atoms with Crippen LogP contribution in [0, 0.1) is 5.82 Å².